The fourth-order valence-corrected chi connectivity index (χ4v) is 5.46. The van der Waals surface area contributed by atoms with Crippen LogP contribution < -0.4 is 15.0 Å². The molecule has 1 N–H and O–H groups in total. The lowest BCUT2D eigenvalue weighted by molar-refractivity contribution is -0.122. The minimum absolute atomic E-state index is 0.0588. The van der Waals surface area contributed by atoms with Crippen molar-refractivity contribution in [3.8, 4) is 16.9 Å². The first-order valence-electron chi connectivity index (χ1n) is 12.8. The topological polar surface area (TPSA) is 67.3 Å². The van der Waals surface area contributed by atoms with Gasteiger partial charge in [-0.1, -0.05) is 54.6 Å². The average molecular weight is 491 g/mol. The third-order valence-electron chi connectivity index (χ3n) is 7.53. The number of aromatic nitrogens is 2. The zero-order chi connectivity index (χ0) is 25.2. The van der Waals surface area contributed by atoms with Gasteiger partial charge in [-0.3, -0.25) is 4.79 Å². The summed E-state index contributed by atoms with van der Waals surface area (Å²) >= 11 is 0. The van der Waals surface area contributed by atoms with Crippen LogP contribution in [0.25, 0.3) is 11.1 Å². The first kappa shape index (κ1) is 23.2. The predicted molar refractivity (Wildman–Crippen MR) is 144 cm³/mol. The second kappa shape index (κ2) is 10.1. The summed E-state index contributed by atoms with van der Waals surface area (Å²) in [5.41, 5.74) is 7.31. The number of hydrogen-bond donors (Lipinski definition) is 1. The highest BCUT2D eigenvalue weighted by Crippen LogP contribution is 2.47. The summed E-state index contributed by atoms with van der Waals surface area (Å²) in [6.07, 6.45) is 5.36. The number of fused-ring (bicyclic) bond motifs is 1. The summed E-state index contributed by atoms with van der Waals surface area (Å²) in [5, 5.41) is 3.23. The molecule has 6 heteroatoms. The zero-order valence-electron chi connectivity index (χ0n) is 20.9. The van der Waals surface area contributed by atoms with Gasteiger partial charge in [-0.05, 0) is 70.3 Å². The number of benzene rings is 3. The quantitative estimate of drug-likeness (QED) is 0.389. The first-order chi connectivity index (χ1) is 18.2. The van der Waals surface area contributed by atoms with Crippen molar-refractivity contribution >= 4 is 11.9 Å². The minimum Gasteiger partial charge on any atom is -0.497 e. The monoisotopic (exact) mass is 490 g/mol. The molecule has 2 heterocycles. The van der Waals surface area contributed by atoms with Crippen molar-refractivity contribution in [1.82, 2.24) is 15.3 Å². The molecule has 0 spiro atoms. The van der Waals surface area contributed by atoms with Gasteiger partial charge in [0.05, 0.1) is 7.11 Å². The third-order valence-corrected chi connectivity index (χ3v) is 7.53. The molecule has 1 aromatic heterocycles. The van der Waals surface area contributed by atoms with E-state index in [1.807, 2.05) is 36.4 Å². The van der Waals surface area contributed by atoms with E-state index in [0.717, 1.165) is 42.2 Å². The van der Waals surface area contributed by atoms with E-state index >= 15 is 0 Å². The summed E-state index contributed by atoms with van der Waals surface area (Å²) in [5.74, 6) is 2.10. The lowest BCUT2D eigenvalue weighted by Crippen LogP contribution is -2.34. The number of amides is 1. The molecular formula is C31H30N4O2. The van der Waals surface area contributed by atoms with Crippen LogP contribution in [0, 0.1) is 5.92 Å². The highest BCUT2D eigenvalue weighted by atomic mass is 16.5. The van der Waals surface area contributed by atoms with Crippen LogP contribution in [0.3, 0.4) is 0 Å². The van der Waals surface area contributed by atoms with E-state index < -0.39 is 0 Å². The lowest BCUT2D eigenvalue weighted by atomic mass is 9.87. The van der Waals surface area contributed by atoms with E-state index in [2.05, 4.69) is 56.6 Å². The predicted octanol–water partition coefficient (Wildman–Crippen LogP) is 5.13. The molecule has 1 fully saturated rings. The number of hydrogen-bond acceptors (Lipinski definition) is 5. The van der Waals surface area contributed by atoms with Gasteiger partial charge in [-0.2, -0.15) is 0 Å². The Balaban J connectivity index is 1.27. The Morgan fingerprint density at radius 1 is 1.00 bits per heavy atom. The van der Waals surface area contributed by atoms with Gasteiger partial charge in [-0.15, -0.1) is 0 Å². The molecule has 1 aliphatic heterocycles. The molecule has 3 aromatic carbocycles. The summed E-state index contributed by atoms with van der Waals surface area (Å²) in [4.78, 5) is 24.2. The summed E-state index contributed by atoms with van der Waals surface area (Å²) in [6, 6.07) is 24.7. The van der Waals surface area contributed by atoms with Gasteiger partial charge in [-0.25, -0.2) is 9.97 Å². The smallest absolute Gasteiger partial charge is 0.225 e. The van der Waals surface area contributed by atoms with Crippen LogP contribution in [-0.4, -0.2) is 29.5 Å². The molecule has 4 aromatic rings. The van der Waals surface area contributed by atoms with Crippen molar-refractivity contribution in [3.05, 3.63) is 107 Å². The highest BCUT2D eigenvalue weighted by Gasteiger charge is 2.43. The first-order valence-corrected chi connectivity index (χ1v) is 12.8. The number of nitrogens with zero attached hydrogens (tertiary/aromatic N) is 3. The SMILES string of the molecule is COc1cccc(-c2ccc(CNC(=O)C3CC3c3ccccc3)c3c2CCN(c2ncccn2)C3)c1. The lowest BCUT2D eigenvalue weighted by Gasteiger charge is -2.32. The largest absolute Gasteiger partial charge is 0.497 e. The van der Waals surface area contributed by atoms with Gasteiger partial charge >= 0.3 is 0 Å². The van der Waals surface area contributed by atoms with E-state index in [0.29, 0.717) is 19.0 Å². The van der Waals surface area contributed by atoms with Crippen LogP contribution >= 0.6 is 0 Å². The number of anilines is 1. The fourth-order valence-electron chi connectivity index (χ4n) is 5.46. The molecule has 2 aliphatic rings. The van der Waals surface area contributed by atoms with Crippen LogP contribution in [-0.2, 0) is 24.3 Å². The third kappa shape index (κ3) is 4.79. The van der Waals surface area contributed by atoms with Crippen molar-refractivity contribution in [3.63, 3.8) is 0 Å². The van der Waals surface area contributed by atoms with Crippen molar-refractivity contribution in [2.24, 2.45) is 5.92 Å². The Morgan fingerprint density at radius 2 is 1.84 bits per heavy atom. The van der Waals surface area contributed by atoms with Gasteiger partial charge in [0.25, 0.3) is 0 Å². The van der Waals surface area contributed by atoms with Crippen LogP contribution in [0.1, 0.15) is 34.6 Å². The van der Waals surface area contributed by atoms with E-state index in [9.17, 15) is 4.79 Å². The summed E-state index contributed by atoms with van der Waals surface area (Å²) < 4.78 is 5.48. The molecule has 6 rings (SSSR count). The molecule has 0 radical (unpaired) electrons. The van der Waals surface area contributed by atoms with E-state index in [4.69, 9.17) is 4.74 Å². The average Bonchev–Trinajstić information content (AvgIpc) is 3.78. The van der Waals surface area contributed by atoms with Gasteiger partial charge in [0.2, 0.25) is 11.9 Å². The van der Waals surface area contributed by atoms with Crippen LogP contribution in [0.4, 0.5) is 5.95 Å². The summed E-state index contributed by atoms with van der Waals surface area (Å²) in [7, 11) is 1.69. The molecule has 2 atom stereocenters. The molecule has 1 amide bonds. The van der Waals surface area contributed by atoms with Crippen LogP contribution in [0.2, 0.25) is 0 Å². The molecule has 6 nitrogen and oxygen atoms in total. The number of methoxy groups -OCH3 is 1. The van der Waals surface area contributed by atoms with E-state index in [-0.39, 0.29) is 11.8 Å². The number of rotatable bonds is 7. The standard InChI is InChI=1S/C31H30N4O2/c1-37-24-10-5-9-22(17-24)25-12-11-23(19-34-30(36)28-18-27(28)21-7-3-2-4-8-21)29-20-35(16-13-26(25)29)31-32-14-6-15-33-31/h2-12,14-15,17,27-28H,13,16,18-20H2,1H3,(H,34,36). The number of carbonyl (C=O) groups excluding carboxylic acids is 1. The number of nitrogens with one attached hydrogen (secondary N) is 1. The minimum atomic E-state index is 0.0588. The van der Waals surface area contributed by atoms with Gasteiger partial charge in [0.15, 0.2) is 0 Å². The van der Waals surface area contributed by atoms with Crippen molar-refractivity contribution in [1.29, 1.82) is 0 Å². The maximum atomic E-state index is 13.0. The Morgan fingerprint density at radius 3 is 2.65 bits per heavy atom. The molecule has 186 valence electrons. The Kier molecular flexibility index (Phi) is 6.31. The summed E-state index contributed by atoms with van der Waals surface area (Å²) in [6.45, 7) is 2.06. The van der Waals surface area contributed by atoms with Crippen molar-refractivity contribution in [2.75, 3.05) is 18.6 Å². The van der Waals surface area contributed by atoms with Gasteiger partial charge in [0.1, 0.15) is 5.75 Å². The Labute approximate surface area is 217 Å². The molecule has 0 saturated heterocycles. The maximum Gasteiger partial charge on any atom is 0.225 e. The number of carbonyl (C=O) groups is 1. The molecule has 2 unspecified atom stereocenters. The zero-order valence-corrected chi connectivity index (χ0v) is 20.9. The molecule has 37 heavy (non-hydrogen) atoms. The highest BCUT2D eigenvalue weighted by molar-refractivity contribution is 5.83. The molecule has 1 aliphatic carbocycles. The Bertz CT molecular complexity index is 1410. The van der Waals surface area contributed by atoms with Gasteiger partial charge in [0, 0.05) is 37.9 Å². The van der Waals surface area contributed by atoms with E-state index in [1.165, 1.54) is 22.3 Å². The molecular weight excluding hydrogens is 460 g/mol. The second-order valence-corrected chi connectivity index (χ2v) is 9.76. The molecule has 0 bridgehead atoms. The van der Waals surface area contributed by atoms with E-state index in [1.54, 1.807) is 19.5 Å². The Hall–Kier alpha value is -4.19. The van der Waals surface area contributed by atoms with Crippen molar-refractivity contribution in [2.45, 2.75) is 31.8 Å². The van der Waals surface area contributed by atoms with Crippen LogP contribution in [0.5, 0.6) is 5.75 Å². The second-order valence-electron chi connectivity index (χ2n) is 9.76. The normalized spacial score (nSPS) is 18.1. The maximum absolute atomic E-state index is 13.0. The van der Waals surface area contributed by atoms with Crippen LogP contribution in [0.15, 0.2) is 85.2 Å². The van der Waals surface area contributed by atoms with Crippen molar-refractivity contribution < 1.29 is 9.53 Å². The number of ether oxygens (including phenoxy) is 1. The van der Waals surface area contributed by atoms with Gasteiger partial charge < -0.3 is 15.0 Å². The molecule has 1 saturated carbocycles. The fraction of sp³-hybridized carbons (Fsp3) is 0.258.